The highest BCUT2D eigenvalue weighted by atomic mass is 16.7. The van der Waals surface area contributed by atoms with Gasteiger partial charge in [-0.2, -0.15) is 0 Å². The Balaban J connectivity index is 1.29. The van der Waals surface area contributed by atoms with E-state index in [0.29, 0.717) is 18.1 Å². The third kappa shape index (κ3) is 3.48. The second-order valence-corrected chi connectivity index (χ2v) is 7.78. The van der Waals surface area contributed by atoms with E-state index < -0.39 is 6.10 Å². The van der Waals surface area contributed by atoms with Gasteiger partial charge in [-0.25, -0.2) is 4.98 Å². The fourth-order valence-electron chi connectivity index (χ4n) is 4.37. The number of β-amino-alcohol motifs (C(OH)–C–C–N with tert-alkyl or cyclic N) is 1. The fraction of sp³-hybridized carbons (Fsp3) is 0.476. The van der Waals surface area contributed by atoms with Gasteiger partial charge in [0, 0.05) is 32.1 Å². The normalized spacial score (nSPS) is 23.5. The number of hydrogen-bond acceptors (Lipinski definition) is 7. The van der Waals surface area contributed by atoms with E-state index in [2.05, 4.69) is 9.97 Å². The topological polar surface area (TPSA) is 88.0 Å². The molecule has 5 rings (SSSR count). The van der Waals surface area contributed by atoms with Crippen molar-refractivity contribution in [3.8, 4) is 11.5 Å². The van der Waals surface area contributed by atoms with Crippen LogP contribution in [0.3, 0.4) is 0 Å². The Labute approximate surface area is 169 Å². The molecule has 1 N–H and O–H groups in total. The number of hydrogen-bond donors (Lipinski definition) is 1. The molecule has 0 aliphatic carbocycles. The average Bonchev–Trinajstić information content (AvgIpc) is 3.44. The standard InChI is InChI=1S/C21H24N4O4/c26-17-12-25(8-5-15(17)14-3-4-18-19(9-14)29-13-28-18)20-11-22-10-16(23-20)21(27)24-6-1-2-7-24/h3-4,9-11,15,17,26H,1-2,5-8,12-13H2/t15-,17+/m0/s1. The Bertz CT molecular complexity index is 915. The molecule has 8 nitrogen and oxygen atoms in total. The van der Waals surface area contributed by atoms with Crippen molar-refractivity contribution in [2.45, 2.75) is 31.3 Å². The van der Waals surface area contributed by atoms with Crippen LogP contribution in [0.15, 0.2) is 30.6 Å². The van der Waals surface area contributed by atoms with Crippen molar-refractivity contribution in [3.63, 3.8) is 0 Å². The van der Waals surface area contributed by atoms with Crippen LogP contribution in [0.2, 0.25) is 0 Å². The number of likely N-dealkylation sites (tertiary alicyclic amines) is 1. The van der Waals surface area contributed by atoms with E-state index >= 15 is 0 Å². The maximum absolute atomic E-state index is 12.6. The molecule has 1 amide bonds. The largest absolute Gasteiger partial charge is 0.454 e. The first-order valence-corrected chi connectivity index (χ1v) is 10.1. The van der Waals surface area contributed by atoms with Crippen LogP contribution in [-0.2, 0) is 0 Å². The van der Waals surface area contributed by atoms with Crippen molar-refractivity contribution in [3.05, 3.63) is 41.9 Å². The molecular formula is C21H24N4O4. The van der Waals surface area contributed by atoms with Crippen molar-refractivity contribution < 1.29 is 19.4 Å². The first-order chi connectivity index (χ1) is 14.2. The molecule has 0 unspecified atom stereocenters. The van der Waals surface area contributed by atoms with Gasteiger partial charge in [0.1, 0.15) is 11.5 Å². The molecule has 2 atom stereocenters. The molecule has 3 aliphatic heterocycles. The van der Waals surface area contributed by atoms with Gasteiger partial charge >= 0.3 is 0 Å². The molecule has 3 aliphatic rings. The van der Waals surface area contributed by atoms with Crippen LogP contribution < -0.4 is 14.4 Å². The maximum atomic E-state index is 12.6. The second kappa shape index (κ2) is 7.51. The van der Waals surface area contributed by atoms with Crippen LogP contribution >= 0.6 is 0 Å². The van der Waals surface area contributed by atoms with Crippen molar-refractivity contribution in [2.24, 2.45) is 0 Å². The first-order valence-electron chi connectivity index (χ1n) is 10.1. The summed E-state index contributed by atoms with van der Waals surface area (Å²) in [6.45, 7) is 2.97. The monoisotopic (exact) mass is 396 g/mol. The molecule has 2 saturated heterocycles. The number of benzene rings is 1. The van der Waals surface area contributed by atoms with Gasteiger partial charge in [0.15, 0.2) is 11.5 Å². The highest BCUT2D eigenvalue weighted by molar-refractivity contribution is 5.92. The molecule has 1 aromatic carbocycles. The molecular weight excluding hydrogens is 372 g/mol. The van der Waals surface area contributed by atoms with E-state index in [0.717, 1.165) is 56.0 Å². The zero-order valence-corrected chi connectivity index (χ0v) is 16.2. The number of carbonyl (C=O) groups excluding carboxylic acids is 1. The number of fused-ring (bicyclic) bond motifs is 1. The summed E-state index contributed by atoms with van der Waals surface area (Å²) in [6.07, 6.45) is 5.49. The molecule has 0 bridgehead atoms. The minimum Gasteiger partial charge on any atom is -0.454 e. The van der Waals surface area contributed by atoms with Crippen LogP contribution in [0.25, 0.3) is 0 Å². The van der Waals surface area contributed by atoms with Gasteiger partial charge in [0.05, 0.1) is 18.5 Å². The van der Waals surface area contributed by atoms with Crippen LogP contribution in [0.1, 0.15) is 41.2 Å². The predicted molar refractivity (Wildman–Crippen MR) is 105 cm³/mol. The Kier molecular flexibility index (Phi) is 4.71. The Morgan fingerprint density at radius 3 is 2.76 bits per heavy atom. The predicted octanol–water partition coefficient (Wildman–Crippen LogP) is 1.80. The van der Waals surface area contributed by atoms with Crippen LogP contribution in [0.5, 0.6) is 11.5 Å². The summed E-state index contributed by atoms with van der Waals surface area (Å²) >= 11 is 0. The number of rotatable bonds is 3. The Hall–Kier alpha value is -2.87. The molecule has 29 heavy (non-hydrogen) atoms. The molecule has 2 aromatic rings. The molecule has 152 valence electrons. The lowest BCUT2D eigenvalue weighted by atomic mass is 9.87. The summed E-state index contributed by atoms with van der Waals surface area (Å²) in [7, 11) is 0. The maximum Gasteiger partial charge on any atom is 0.274 e. The molecule has 0 saturated carbocycles. The molecule has 4 heterocycles. The van der Waals surface area contributed by atoms with Gasteiger partial charge in [-0.15, -0.1) is 0 Å². The zero-order valence-electron chi connectivity index (χ0n) is 16.2. The summed E-state index contributed by atoms with van der Waals surface area (Å²) in [5.41, 5.74) is 1.42. The Morgan fingerprint density at radius 1 is 1.10 bits per heavy atom. The molecule has 2 fully saturated rings. The highest BCUT2D eigenvalue weighted by Crippen LogP contribution is 2.38. The summed E-state index contributed by atoms with van der Waals surface area (Å²) < 4.78 is 10.8. The third-order valence-electron chi connectivity index (χ3n) is 5.96. The zero-order chi connectivity index (χ0) is 19.8. The summed E-state index contributed by atoms with van der Waals surface area (Å²) in [4.78, 5) is 25.2. The first kappa shape index (κ1) is 18.2. The SMILES string of the molecule is O=C(c1cncc(N2CC[C@@H](c3ccc4c(c3)OCO4)[C@H](O)C2)n1)N1CCCC1. The number of piperidine rings is 1. The number of aromatic nitrogens is 2. The number of aliphatic hydroxyl groups excluding tert-OH is 1. The molecule has 8 heteroatoms. The summed E-state index contributed by atoms with van der Waals surface area (Å²) in [5, 5.41) is 10.8. The lowest BCUT2D eigenvalue weighted by molar-refractivity contribution is 0.0786. The van der Waals surface area contributed by atoms with Gasteiger partial charge < -0.3 is 24.4 Å². The van der Waals surface area contributed by atoms with E-state index in [1.165, 1.54) is 6.20 Å². The van der Waals surface area contributed by atoms with Crippen molar-refractivity contribution in [2.75, 3.05) is 37.9 Å². The van der Waals surface area contributed by atoms with Gasteiger partial charge in [-0.05, 0) is 37.0 Å². The minimum absolute atomic E-state index is 0.0168. The van der Waals surface area contributed by atoms with Crippen molar-refractivity contribution in [1.29, 1.82) is 0 Å². The lowest BCUT2D eigenvalue weighted by Gasteiger charge is -2.36. The lowest BCUT2D eigenvalue weighted by Crippen LogP contribution is -2.43. The van der Waals surface area contributed by atoms with Gasteiger partial charge in [0.25, 0.3) is 5.91 Å². The number of ether oxygens (including phenoxy) is 2. The number of anilines is 1. The van der Waals surface area contributed by atoms with Crippen LogP contribution in [0.4, 0.5) is 5.82 Å². The Morgan fingerprint density at radius 2 is 1.93 bits per heavy atom. The van der Waals surface area contributed by atoms with E-state index in [1.54, 1.807) is 6.20 Å². The average molecular weight is 396 g/mol. The van der Waals surface area contributed by atoms with Crippen LogP contribution in [-0.4, -0.2) is 65.0 Å². The van der Waals surface area contributed by atoms with E-state index in [1.807, 2.05) is 28.0 Å². The highest BCUT2D eigenvalue weighted by Gasteiger charge is 2.31. The van der Waals surface area contributed by atoms with Crippen molar-refractivity contribution >= 4 is 11.7 Å². The van der Waals surface area contributed by atoms with Gasteiger partial charge in [0.2, 0.25) is 6.79 Å². The number of aliphatic hydroxyl groups is 1. The fourth-order valence-corrected chi connectivity index (χ4v) is 4.37. The quantitative estimate of drug-likeness (QED) is 0.846. The molecule has 0 radical (unpaired) electrons. The van der Waals surface area contributed by atoms with Crippen molar-refractivity contribution in [1.82, 2.24) is 14.9 Å². The number of carbonyl (C=O) groups is 1. The third-order valence-corrected chi connectivity index (χ3v) is 5.96. The van der Waals surface area contributed by atoms with Gasteiger partial charge in [-0.3, -0.25) is 9.78 Å². The van der Waals surface area contributed by atoms with E-state index in [4.69, 9.17) is 9.47 Å². The molecule has 0 spiro atoms. The summed E-state index contributed by atoms with van der Waals surface area (Å²) in [5.74, 6) is 2.07. The minimum atomic E-state index is -0.552. The second-order valence-electron chi connectivity index (χ2n) is 7.78. The smallest absolute Gasteiger partial charge is 0.274 e. The van der Waals surface area contributed by atoms with Gasteiger partial charge in [-0.1, -0.05) is 6.07 Å². The number of amides is 1. The molecule has 1 aromatic heterocycles. The van der Waals surface area contributed by atoms with E-state index in [9.17, 15) is 9.90 Å². The number of nitrogens with zero attached hydrogens (tertiary/aromatic N) is 4. The van der Waals surface area contributed by atoms with Crippen LogP contribution in [0, 0.1) is 0 Å². The van der Waals surface area contributed by atoms with E-state index in [-0.39, 0.29) is 18.6 Å². The summed E-state index contributed by atoms with van der Waals surface area (Å²) in [6, 6.07) is 5.85.